The predicted molar refractivity (Wildman–Crippen MR) is 113 cm³/mol. The van der Waals surface area contributed by atoms with Crippen molar-refractivity contribution in [3.8, 4) is 0 Å². The summed E-state index contributed by atoms with van der Waals surface area (Å²) in [7, 11) is 0. The second kappa shape index (κ2) is 8.01. The Morgan fingerprint density at radius 3 is 2.54 bits per heavy atom. The summed E-state index contributed by atoms with van der Waals surface area (Å²) in [6.07, 6.45) is 5.42. The Hall–Kier alpha value is -1.63. The van der Waals surface area contributed by atoms with Gasteiger partial charge in [0.2, 0.25) is 0 Å². The van der Waals surface area contributed by atoms with E-state index in [1.54, 1.807) is 0 Å². The van der Waals surface area contributed by atoms with Gasteiger partial charge in [-0.2, -0.15) is 0 Å². The molecule has 2 atom stereocenters. The average Bonchev–Trinajstić information content (AvgIpc) is 3.07. The van der Waals surface area contributed by atoms with Gasteiger partial charge in [-0.1, -0.05) is 34.1 Å². The van der Waals surface area contributed by atoms with E-state index in [1.807, 2.05) is 20.8 Å². The molecule has 0 aliphatic heterocycles. The van der Waals surface area contributed by atoms with Crippen molar-refractivity contribution in [2.24, 2.45) is 15.8 Å². The molecule has 158 valence electrons. The molecule has 1 aromatic rings. The molecule has 7 heteroatoms. The molecule has 6 nitrogen and oxygen atoms in total. The largest absolute Gasteiger partial charge is 0.465 e. The maximum atomic E-state index is 13.3. The van der Waals surface area contributed by atoms with Crippen LogP contribution in [-0.4, -0.2) is 27.1 Å². The SMILES string of the molecule is CCCCc1cn(C(C)(C)C)s/c1=N\C(=O)[C@]1(C)CC[C@H](NC(=O)O)C1(C)C. The quantitative estimate of drug-likeness (QED) is 0.749. The number of carbonyl (C=O) groups is 2. The van der Waals surface area contributed by atoms with Gasteiger partial charge in [0, 0.05) is 23.3 Å². The van der Waals surface area contributed by atoms with Crippen LogP contribution in [0.3, 0.4) is 0 Å². The minimum atomic E-state index is -1.04. The molecule has 0 aromatic carbocycles. The minimum Gasteiger partial charge on any atom is -0.465 e. The summed E-state index contributed by atoms with van der Waals surface area (Å²) in [6.45, 7) is 14.4. The Labute approximate surface area is 172 Å². The zero-order chi connectivity index (χ0) is 21.3. The van der Waals surface area contributed by atoms with Gasteiger partial charge >= 0.3 is 6.09 Å². The lowest BCUT2D eigenvalue weighted by Crippen LogP contribution is -2.49. The van der Waals surface area contributed by atoms with E-state index in [2.05, 4.69) is 48.2 Å². The van der Waals surface area contributed by atoms with Gasteiger partial charge in [-0.3, -0.25) is 8.75 Å². The van der Waals surface area contributed by atoms with E-state index >= 15 is 0 Å². The van der Waals surface area contributed by atoms with Gasteiger partial charge in [-0.25, -0.2) is 9.79 Å². The van der Waals surface area contributed by atoms with Crippen LogP contribution >= 0.6 is 11.5 Å². The van der Waals surface area contributed by atoms with E-state index in [-0.39, 0.29) is 17.5 Å². The maximum Gasteiger partial charge on any atom is 0.404 e. The zero-order valence-corrected chi connectivity index (χ0v) is 19.1. The molecule has 0 bridgehead atoms. The molecule has 1 saturated carbocycles. The molecule has 1 aromatic heterocycles. The highest BCUT2D eigenvalue weighted by Crippen LogP contribution is 2.53. The lowest BCUT2D eigenvalue weighted by molar-refractivity contribution is -0.132. The Morgan fingerprint density at radius 2 is 2.00 bits per heavy atom. The number of carboxylic acid groups (broad SMARTS) is 1. The summed E-state index contributed by atoms with van der Waals surface area (Å²) in [4.78, 5) is 29.1. The van der Waals surface area contributed by atoms with Crippen molar-refractivity contribution in [3.63, 3.8) is 0 Å². The highest BCUT2D eigenvalue weighted by Gasteiger charge is 2.56. The fraction of sp³-hybridized carbons (Fsp3) is 0.762. The third kappa shape index (κ3) is 4.34. The summed E-state index contributed by atoms with van der Waals surface area (Å²) < 4.78 is 2.96. The number of hydrogen-bond donors (Lipinski definition) is 2. The van der Waals surface area contributed by atoms with E-state index in [9.17, 15) is 9.59 Å². The van der Waals surface area contributed by atoms with Crippen LogP contribution in [-0.2, 0) is 16.8 Å². The Bertz CT molecular complexity index is 801. The zero-order valence-electron chi connectivity index (χ0n) is 18.3. The predicted octanol–water partition coefficient (Wildman–Crippen LogP) is 4.54. The lowest BCUT2D eigenvalue weighted by Gasteiger charge is -2.38. The first-order valence-corrected chi connectivity index (χ1v) is 10.9. The molecule has 0 saturated heterocycles. The highest BCUT2D eigenvalue weighted by molar-refractivity contribution is 7.04. The minimum absolute atomic E-state index is 0.0600. The van der Waals surface area contributed by atoms with Gasteiger partial charge in [0.15, 0.2) is 0 Å². The number of aromatic nitrogens is 1. The molecule has 2 amide bonds. The Balaban J connectivity index is 2.42. The van der Waals surface area contributed by atoms with Crippen molar-refractivity contribution >= 4 is 23.5 Å². The van der Waals surface area contributed by atoms with Gasteiger partial charge in [-0.15, -0.1) is 0 Å². The van der Waals surface area contributed by atoms with E-state index in [1.165, 1.54) is 11.5 Å². The fourth-order valence-electron chi connectivity index (χ4n) is 3.84. The summed E-state index contributed by atoms with van der Waals surface area (Å²) >= 11 is 1.53. The topological polar surface area (TPSA) is 83.7 Å². The number of nitrogens with one attached hydrogen (secondary N) is 1. The lowest BCUT2D eigenvalue weighted by atomic mass is 9.67. The second-order valence-corrected chi connectivity index (χ2v) is 10.6. The molecule has 0 unspecified atom stereocenters. The average molecular weight is 410 g/mol. The first kappa shape index (κ1) is 22.7. The Kier molecular flexibility index (Phi) is 6.48. The highest BCUT2D eigenvalue weighted by atomic mass is 32.1. The molecule has 1 aliphatic carbocycles. The summed E-state index contributed by atoms with van der Waals surface area (Å²) in [5.41, 5.74) is -0.143. The number of carbonyl (C=O) groups excluding carboxylic acids is 1. The third-order valence-electron chi connectivity index (χ3n) is 6.39. The van der Waals surface area contributed by atoms with Crippen LogP contribution in [0.1, 0.15) is 79.7 Å². The van der Waals surface area contributed by atoms with Crippen LogP contribution in [0.15, 0.2) is 11.2 Å². The maximum absolute atomic E-state index is 13.3. The fourth-order valence-corrected chi connectivity index (χ4v) is 4.87. The first-order chi connectivity index (χ1) is 12.8. The van der Waals surface area contributed by atoms with Crippen LogP contribution in [0, 0.1) is 10.8 Å². The number of amides is 2. The molecule has 1 heterocycles. The van der Waals surface area contributed by atoms with Crippen molar-refractivity contribution in [3.05, 3.63) is 16.4 Å². The molecule has 2 N–H and O–H groups in total. The van der Waals surface area contributed by atoms with Crippen LogP contribution < -0.4 is 9.99 Å². The normalized spacial score (nSPS) is 25.1. The summed E-state index contributed by atoms with van der Waals surface area (Å²) in [6, 6.07) is -0.253. The first-order valence-electron chi connectivity index (χ1n) is 10.1. The standard InChI is InChI=1S/C21H35N3O3S/c1-8-9-10-14-13-24(19(2,3)4)28-16(14)23-17(25)21(7)12-11-15(20(21,5)6)22-18(26)27/h13,15,22H,8-12H2,1-7H3,(H,26,27)/b23-16-/t15-,21-/m0/s1. The van der Waals surface area contributed by atoms with Gasteiger partial charge in [0.1, 0.15) is 4.67 Å². The number of rotatable bonds is 5. The van der Waals surface area contributed by atoms with Crippen LogP contribution in [0.25, 0.3) is 0 Å². The molecule has 1 fully saturated rings. The van der Waals surface area contributed by atoms with Gasteiger partial charge in [0.25, 0.3) is 5.91 Å². The van der Waals surface area contributed by atoms with Crippen molar-refractivity contribution in [2.75, 3.05) is 0 Å². The van der Waals surface area contributed by atoms with E-state index in [0.717, 1.165) is 29.5 Å². The smallest absolute Gasteiger partial charge is 0.404 e. The molecular formula is C21H35N3O3S. The van der Waals surface area contributed by atoms with Gasteiger partial charge < -0.3 is 10.4 Å². The van der Waals surface area contributed by atoms with Crippen molar-refractivity contribution in [1.82, 2.24) is 9.27 Å². The number of hydrogen-bond acceptors (Lipinski definition) is 3. The van der Waals surface area contributed by atoms with E-state index in [0.29, 0.717) is 12.8 Å². The van der Waals surface area contributed by atoms with Crippen molar-refractivity contribution in [2.45, 2.75) is 92.2 Å². The second-order valence-electron chi connectivity index (χ2n) is 9.66. The van der Waals surface area contributed by atoms with Crippen molar-refractivity contribution in [1.29, 1.82) is 0 Å². The molecule has 2 rings (SSSR count). The number of aryl methyl sites for hydroxylation is 1. The van der Waals surface area contributed by atoms with E-state index in [4.69, 9.17) is 5.11 Å². The number of unbranched alkanes of at least 4 members (excludes halogenated alkanes) is 1. The Morgan fingerprint density at radius 1 is 1.36 bits per heavy atom. The van der Waals surface area contributed by atoms with Crippen molar-refractivity contribution < 1.29 is 14.7 Å². The van der Waals surface area contributed by atoms with Gasteiger partial charge in [0.05, 0.1) is 5.41 Å². The molecular weight excluding hydrogens is 374 g/mol. The van der Waals surface area contributed by atoms with Crippen LogP contribution in [0.2, 0.25) is 0 Å². The summed E-state index contributed by atoms with van der Waals surface area (Å²) in [5.74, 6) is -0.146. The number of nitrogens with zero attached hydrogens (tertiary/aromatic N) is 2. The molecule has 1 aliphatic rings. The summed E-state index contributed by atoms with van der Waals surface area (Å²) in [5, 5.41) is 11.7. The van der Waals surface area contributed by atoms with E-state index < -0.39 is 16.9 Å². The van der Waals surface area contributed by atoms with Crippen LogP contribution in [0.4, 0.5) is 4.79 Å². The molecule has 0 radical (unpaired) electrons. The third-order valence-corrected chi connectivity index (χ3v) is 7.77. The molecule has 28 heavy (non-hydrogen) atoms. The van der Waals surface area contributed by atoms with Gasteiger partial charge in [-0.05, 0) is 63.4 Å². The van der Waals surface area contributed by atoms with Crippen LogP contribution in [0.5, 0.6) is 0 Å². The monoisotopic (exact) mass is 409 g/mol. The molecule has 0 spiro atoms.